The number of benzene rings is 4. The van der Waals surface area contributed by atoms with Crippen LogP contribution in [0.2, 0.25) is 0 Å². The third-order valence-corrected chi connectivity index (χ3v) is 8.78. The zero-order valence-electron chi connectivity index (χ0n) is 26.4. The number of furan rings is 1. The van der Waals surface area contributed by atoms with Crippen molar-refractivity contribution in [2.45, 2.75) is 0 Å². The van der Waals surface area contributed by atoms with Gasteiger partial charge >= 0.3 is 0 Å². The minimum atomic E-state index is 0.775. The van der Waals surface area contributed by atoms with Crippen LogP contribution in [0.5, 0.6) is 0 Å². The molecular weight excluding hydrogens is 601 g/mol. The molecule has 0 unspecified atom stereocenters. The molecule has 0 radical (unpaired) electrons. The van der Waals surface area contributed by atoms with Gasteiger partial charge in [-0.25, -0.2) is 9.97 Å². The number of fused-ring (bicyclic) bond motifs is 3. The summed E-state index contributed by atoms with van der Waals surface area (Å²) in [5, 5.41) is 1.92. The third kappa shape index (κ3) is 5.24. The SMILES string of the molecule is c1ccc(-c2oc3c(c(-c4ccccc4)nc4ccc(-c5cc(-c6ccccn6)nc(-c6ccccn6)c5)cc43)c2-c2ccccc2)cc1. The van der Waals surface area contributed by atoms with E-state index in [9.17, 15) is 0 Å². The summed E-state index contributed by atoms with van der Waals surface area (Å²) in [6.45, 7) is 0. The van der Waals surface area contributed by atoms with Crippen molar-refractivity contribution in [1.29, 1.82) is 0 Å². The normalized spacial score (nSPS) is 11.3. The van der Waals surface area contributed by atoms with Crippen molar-refractivity contribution in [3.63, 3.8) is 0 Å². The van der Waals surface area contributed by atoms with Crippen molar-refractivity contribution >= 4 is 21.9 Å². The average molecular weight is 629 g/mol. The molecule has 49 heavy (non-hydrogen) atoms. The van der Waals surface area contributed by atoms with Crippen molar-refractivity contribution in [3.05, 3.63) is 170 Å². The van der Waals surface area contributed by atoms with Crippen LogP contribution in [0, 0.1) is 0 Å². The van der Waals surface area contributed by atoms with E-state index in [1.807, 2.05) is 66.7 Å². The zero-order valence-corrected chi connectivity index (χ0v) is 26.4. The van der Waals surface area contributed by atoms with E-state index in [4.69, 9.17) is 14.4 Å². The summed E-state index contributed by atoms with van der Waals surface area (Å²) in [5.74, 6) is 0.817. The lowest BCUT2D eigenvalue weighted by atomic mass is 9.94. The van der Waals surface area contributed by atoms with Crippen LogP contribution in [0.1, 0.15) is 0 Å². The molecule has 0 bridgehead atoms. The number of hydrogen-bond donors (Lipinski definition) is 0. The Kier molecular flexibility index (Phi) is 7.06. The van der Waals surface area contributed by atoms with E-state index in [0.29, 0.717) is 0 Å². The predicted molar refractivity (Wildman–Crippen MR) is 198 cm³/mol. The van der Waals surface area contributed by atoms with Crippen molar-refractivity contribution in [1.82, 2.24) is 19.9 Å². The van der Waals surface area contributed by atoms with E-state index >= 15 is 0 Å². The number of hydrogen-bond acceptors (Lipinski definition) is 5. The lowest BCUT2D eigenvalue weighted by Gasteiger charge is -2.12. The van der Waals surface area contributed by atoms with Gasteiger partial charge in [0.15, 0.2) is 0 Å². The van der Waals surface area contributed by atoms with Crippen LogP contribution in [0.15, 0.2) is 175 Å². The van der Waals surface area contributed by atoms with Crippen LogP contribution >= 0.6 is 0 Å². The fraction of sp³-hybridized carbons (Fsp3) is 0. The molecule has 5 aromatic heterocycles. The molecule has 0 aliphatic heterocycles. The highest BCUT2D eigenvalue weighted by molar-refractivity contribution is 6.17. The first-order valence-corrected chi connectivity index (χ1v) is 16.2. The number of rotatable bonds is 6. The van der Waals surface area contributed by atoms with Crippen molar-refractivity contribution in [2.24, 2.45) is 0 Å². The molecule has 5 heteroatoms. The Hall–Kier alpha value is -6.72. The van der Waals surface area contributed by atoms with Gasteiger partial charge in [0, 0.05) is 34.5 Å². The molecule has 0 fully saturated rings. The van der Waals surface area contributed by atoms with E-state index in [-0.39, 0.29) is 0 Å². The maximum absolute atomic E-state index is 7.02. The van der Waals surface area contributed by atoms with Gasteiger partial charge in [-0.05, 0) is 65.2 Å². The highest BCUT2D eigenvalue weighted by Gasteiger charge is 2.24. The van der Waals surface area contributed by atoms with Gasteiger partial charge in [-0.3, -0.25) is 9.97 Å². The number of nitrogens with zero attached hydrogens (tertiary/aromatic N) is 4. The molecule has 230 valence electrons. The summed E-state index contributed by atoms with van der Waals surface area (Å²) in [6, 6.07) is 53.5. The highest BCUT2D eigenvalue weighted by Crippen LogP contribution is 2.47. The van der Waals surface area contributed by atoms with Gasteiger partial charge in [-0.15, -0.1) is 0 Å². The van der Waals surface area contributed by atoms with E-state index in [0.717, 1.165) is 89.5 Å². The summed E-state index contributed by atoms with van der Waals surface area (Å²) < 4.78 is 7.02. The average Bonchev–Trinajstić information content (AvgIpc) is 3.60. The van der Waals surface area contributed by atoms with Crippen LogP contribution in [0.4, 0.5) is 0 Å². The van der Waals surface area contributed by atoms with Crippen molar-refractivity contribution < 1.29 is 4.42 Å². The lowest BCUT2D eigenvalue weighted by molar-refractivity contribution is 0.636. The van der Waals surface area contributed by atoms with Gasteiger partial charge < -0.3 is 4.42 Å². The molecule has 0 N–H and O–H groups in total. The molecule has 5 heterocycles. The molecule has 0 spiro atoms. The topological polar surface area (TPSA) is 64.7 Å². The monoisotopic (exact) mass is 628 g/mol. The Labute approximate surface area is 283 Å². The van der Waals surface area contributed by atoms with Gasteiger partial charge in [0.2, 0.25) is 0 Å². The first-order chi connectivity index (χ1) is 24.3. The van der Waals surface area contributed by atoms with Gasteiger partial charge in [0.25, 0.3) is 0 Å². The predicted octanol–water partition coefficient (Wildman–Crippen LogP) is 11.2. The Morgan fingerprint density at radius 2 is 0.980 bits per heavy atom. The first kappa shape index (κ1) is 28.5. The number of aromatic nitrogens is 4. The Morgan fingerprint density at radius 1 is 0.408 bits per heavy atom. The molecule has 9 rings (SSSR count). The second kappa shape index (κ2) is 12.1. The van der Waals surface area contributed by atoms with E-state index in [1.165, 1.54) is 0 Å². The van der Waals surface area contributed by atoms with Crippen LogP contribution in [-0.2, 0) is 0 Å². The molecule has 0 saturated carbocycles. The largest absolute Gasteiger partial charge is 0.455 e. The Morgan fingerprint density at radius 3 is 1.57 bits per heavy atom. The fourth-order valence-electron chi connectivity index (χ4n) is 6.48. The summed E-state index contributed by atoms with van der Waals surface area (Å²) in [4.78, 5) is 19.5. The van der Waals surface area contributed by atoms with E-state index in [2.05, 4.69) is 101 Å². The smallest absolute Gasteiger partial charge is 0.147 e. The summed E-state index contributed by atoms with van der Waals surface area (Å²) >= 11 is 0. The molecule has 9 aromatic rings. The zero-order chi connectivity index (χ0) is 32.6. The second-order valence-corrected chi connectivity index (χ2v) is 11.9. The first-order valence-electron chi connectivity index (χ1n) is 16.2. The quantitative estimate of drug-likeness (QED) is 0.183. The Balaban J connectivity index is 1.34. The fourth-order valence-corrected chi connectivity index (χ4v) is 6.48. The van der Waals surface area contributed by atoms with Crippen LogP contribution in [-0.4, -0.2) is 19.9 Å². The molecule has 5 nitrogen and oxygen atoms in total. The van der Waals surface area contributed by atoms with Gasteiger partial charge in [0.1, 0.15) is 11.3 Å². The second-order valence-electron chi connectivity index (χ2n) is 11.9. The minimum Gasteiger partial charge on any atom is -0.455 e. The van der Waals surface area contributed by atoms with Crippen molar-refractivity contribution in [3.8, 4) is 67.6 Å². The molecule has 0 aliphatic carbocycles. The summed E-state index contributed by atoms with van der Waals surface area (Å²) in [6.07, 6.45) is 3.58. The van der Waals surface area contributed by atoms with Gasteiger partial charge in [-0.1, -0.05) is 109 Å². The molecule has 0 atom stereocenters. The van der Waals surface area contributed by atoms with Gasteiger partial charge in [-0.2, -0.15) is 0 Å². The molecule has 0 amide bonds. The van der Waals surface area contributed by atoms with Crippen LogP contribution in [0.25, 0.3) is 89.5 Å². The minimum absolute atomic E-state index is 0.775. The summed E-state index contributed by atoms with van der Waals surface area (Å²) in [5.41, 5.74) is 11.8. The summed E-state index contributed by atoms with van der Waals surface area (Å²) in [7, 11) is 0. The molecule has 4 aromatic carbocycles. The highest BCUT2D eigenvalue weighted by atomic mass is 16.3. The Bertz CT molecular complexity index is 2510. The molecular formula is C44H28N4O. The standard InChI is InChI=1S/C44H28N4O/c1-4-14-29(15-5-1)40-41-42(30-16-6-2-7-17-30)48-35-23-22-32(26-34(35)44(41)49-43(40)31-18-8-3-9-19-31)33-27-38(36-20-10-12-24-45-36)47-39(28-33)37-21-11-13-25-46-37/h1-28H. The number of pyridine rings is 4. The van der Waals surface area contributed by atoms with E-state index in [1.54, 1.807) is 12.4 Å². The third-order valence-electron chi connectivity index (χ3n) is 8.78. The van der Waals surface area contributed by atoms with E-state index < -0.39 is 0 Å². The maximum atomic E-state index is 7.02. The van der Waals surface area contributed by atoms with Crippen LogP contribution in [0.3, 0.4) is 0 Å². The van der Waals surface area contributed by atoms with Gasteiger partial charge in [0.05, 0.1) is 39.4 Å². The lowest BCUT2D eigenvalue weighted by Crippen LogP contribution is -1.94. The molecule has 0 aliphatic rings. The van der Waals surface area contributed by atoms with Crippen molar-refractivity contribution in [2.75, 3.05) is 0 Å². The van der Waals surface area contributed by atoms with Crippen LogP contribution < -0.4 is 0 Å². The maximum Gasteiger partial charge on any atom is 0.147 e. The molecule has 0 saturated heterocycles.